The zero-order chi connectivity index (χ0) is 16.4. The van der Waals surface area contributed by atoms with Gasteiger partial charge in [0.15, 0.2) is 5.65 Å². The van der Waals surface area contributed by atoms with Crippen molar-refractivity contribution in [3.63, 3.8) is 0 Å². The minimum Gasteiger partial charge on any atom is -0.476 e. The normalized spacial score (nSPS) is 15.8. The highest BCUT2D eigenvalue weighted by Crippen LogP contribution is 2.25. The number of aromatic nitrogens is 5. The van der Waals surface area contributed by atoms with Crippen molar-refractivity contribution in [2.24, 2.45) is 5.92 Å². The molecule has 0 aromatic carbocycles. The van der Waals surface area contributed by atoms with Crippen LogP contribution in [0.15, 0.2) is 36.8 Å². The highest BCUT2D eigenvalue weighted by molar-refractivity contribution is 6.31. The Morgan fingerprint density at radius 2 is 2.08 bits per heavy atom. The second-order valence-electron chi connectivity index (χ2n) is 5.86. The molecule has 4 rings (SSSR count). The molecule has 4 heterocycles. The maximum Gasteiger partial charge on any atom is 0.232 e. The fourth-order valence-corrected chi connectivity index (χ4v) is 3.07. The molecule has 0 saturated carbocycles. The van der Waals surface area contributed by atoms with E-state index in [1.54, 1.807) is 29.2 Å². The predicted molar refractivity (Wildman–Crippen MR) is 90.5 cm³/mol. The summed E-state index contributed by atoms with van der Waals surface area (Å²) in [4.78, 5) is 6.44. The number of hydrogen-bond acceptors (Lipinski definition) is 6. The lowest BCUT2D eigenvalue weighted by atomic mass is 9.98. The van der Waals surface area contributed by atoms with Crippen LogP contribution in [0, 0.1) is 5.92 Å². The van der Waals surface area contributed by atoms with Crippen molar-refractivity contribution in [2.45, 2.75) is 12.8 Å². The Morgan fingerprint density at radius 1 is 1.21 bits per heavy atom. The summed E-state index contributed by atoms with van der Waals surface area (Å²) in [7, 11) is 0. The maximum absolute atomic E-state index is 6.07. The third-order valence-electron chi connectivity index (χ3n) is 4.27. The third-order valence-corrected chi connectivity index (χ3v) is 4.55. The molecule has 0 radical (unpaired) electrons. The van der Waals surface area contributed by atoms with Gasteiger partial charge in [0, 0.05) is 19.3 Å². The van der Waals surface area contributed by atoms with Crippen LogP contribution in [0.3, 0.4) is 0 Å². The SMILES string of the molecule is Clc1cccnc1OCC1CCN(c2ccc3nncn3n2)CC1. The zero-order valence-electron chi connectivity index (χ0n) is 13.0. The summed E-state index contributed by atoms with van der Waals surface area (Å²) < 4.78 is 7.47. The molecule has 0 atom stereocenters. The first-order valence-corrected chi connectivity index (χ1v) is 8.33. The predicted octanol–water partition coefficient (Wildman–Crippen LogP) is 2.47. The summed E-state index contributed by atoms with van der Waals surface area (Å²) in [5.41, 5.74) is 0.759. The van der Waals surface area contributed by atoms with E-state index in [9.17, 15) is 0 Å². The van der Waals surface area contributed by atoms with Gasteiger partial charge in [-0.2, -0.15) is 4.52 Å². The lowest BCUT2D eigenvalue weighted by molar-refractivity contribution is 0.216. The smallest absolute Gasteiger partial charge is 0.232 e. The Kier molecular flexibility index (Phi) is 4.17. The van der Waals surface area contributed by atoms with Crippen molar-refractivity contribution >= 4 is 23.1 Å². The number of pyridine rings is 1. The first kappa shape index (κ1) is 15.1. The van der Waals surface area contributed by atoms with E-state index in [0.29, 0.717) is 23.4 Å². The largest absolute Gasteiger partial charge is 0.476 e. The molecule has 1 aliphatic heterocycles. The van der Waals surface area contributed by atoms with Gasteiger partial charge in [0.2, 0.25) is 5.88 Å². The third kappa shape index (κ3) is 3.12. The highest BCUT2D eigenvalue weighted by Gasteiger charge is 2.21. The summed E-state index contributed by atoms with van der Waals surface area (Å²) in [6, 6.07) is 7.52. The summed E-state index contributed by atoms with van der Waals surface area (Å²) in [6.07, 6.45) is 5.41. The topological polar surface area (TPSA) is 68.4 Å². The van der Waals surface area contributed by atoms with Crippen LogP contribution in [0.2, 0.25) is 5.02 Å². The quantitative estimate of drug-likeness (QED) is 0.724. The minimum absolute atomic E-state index is 0.498. The van der Waals surface area contributed by atoms with Crippen LogP contribution in [-0.2, 0) is 0 Å². The molecule has 124 valence electrons. The van der Waals surface area contributed by atoms with E-state index in [0.717, 1.165) is 37.4 Å². The number of rotatable bonds is 4. The molecule has 0 aliphatic carbocycles. The maximum atomic E-state index is 6.07. The molecule has 0 amide bonds. The van der Waals surface area contributed by atoms with Crippen LogP contribution in [-0.4, -0.2) is 44.5 Å². The molecule has 8 heteroatoms. The first-order valence-electron chi connectivity index (χ1n) is 7.95. The lowest BCUT2D eigenvalue weighted by Crippen LogP contribution is -2.36. The second kappa shape index (κ2) is 6.60. The van der Waals surface area contributed by atoms with E-state index in [1.807, 2.05) is 12.1 Å². The molecular formula is C16H17ClN6O. The summed E-state index contributed by atoms with van der Waals surface area (Å²) >= 11 is 6.07. The van der Waals surface area contributed by atoms with Gasteiger partial charge < -0.3 is 9.64 Å². The van der Waals surface area contributed by atoms with Gasteiger partial charge in [-0.1, -0.05) is 11.6 Å². The van der Waals surface area contributed by atoms with Gasteiger partial charge in [-0.3, -0.25) is 0 Å². The molecular weight excluding hydrogens is 328 g/mol. The van der Waals surface area contributed by atoms with E-state index in [4.69, 9.17) is 16.3 Å². The first-order chi connectivity index (χ1) is 11.8. The van der Waals surface area contributed by atoms with Crippen LogP contribution < -0.4 is 9.64 Å². The highest BCUT2D eigenvalue weighted by atomic mass is 35.5. The van der Waals surface area contributed by atoms with Gasteiger partial charge in [0.25, 0.3) is 0 Å². The number of piperidine rings is 1. The van der Waals surface area contributed by atoms with Gasteiger partial charge in [0.1, 0.15) is 17.2 Å². The van der Waals surface area contributed by atoms with E-state index in [2.05, 4.69) is 25.2 Å². The minimum atomic E-state index is 0.498. The van der Waals surface area contributed by atoms with Crippen LogP contribution in [0.1, 0.15) is 12.8 Å². The van der Waals surface area contributed by atoms with Gasteiger partial charge in [-0.25, -0.2) is 4.98 Å². The van der Waals surface area contributed by atoms with E-state index >= 15 is 0 Å². The number of fused-ring (bicyclic) bond motifs is 1. The molecule has 1 saturated heterocycles. The average Bonchev–Trinajstić information content (AvgIpc) is 3.09. The number of anilines is 1. The van der Waals surface area contributed by atoms with E-state index < -0.39 is 0 Å². The molecule has 7 nitrogen and oxygen atoms in total. The van der Waals surface area contributed by atoms with Crippen molar-refractivity contribution in [3.05, 3.63) is 41.8 Å². The fraction of sp³-hybridized carbons (Fsp3) is 0.375. The Bertz CT molecular complexity index is 830. The molecule has 0 N–H and O–H groups in total. The van der Waals surface area contributed by atoms with Gasteiger partial charge in [0.05, 0.1) is 6.61 Å². The Balaban J connectivity index is 1.34. The van der Waals surface area contributed by atoms with E-state index in [1.165, 1.54) is 0 Å². The van der Waals surface area contributed by atoms with Gasteiger partial charge in [-0.05, 0) is 43.0 Å². The second-order valence-corrected chi connectivity index (χ2v) is 6.26. The van der Waals surface area contributed by atoms with Crippen LogP contribution in [0.25, 0.3) is 5.65 Å². The van der Waals surface area contributed by atoms with Crippen LogP contribution >= 0.6 is 11.6 Å². The van der Waals surface area contributed by atoms with Gasteiger partial charge in [-0.15, -0.1) is 15.3 Å². The van der Waals surface area contributed by atoms with E-state index in [-0.39, 0.29) is 0 Å². The van der Waals surface area contributed by atoms with Crippen molar-refractivity contribution in [1.82, 2.24) is 24.8 Å². The zero-order valence-corrected chi connectivity index (χ0v) is 13.8. The molecule has 0 spiro atoms. The lowest BCUT2D eigenvalue weighted by Gasteiger charge is -2.32. The fourth-order valence-electron chi connectivity index (χ4n) is 2.89. The molecule has 3 aromatic rings. The van der Waals surface area contributed by atoms with Crippen molar-refractivity contribution in [2.75, 3.05) is 24.6 Å². The molecule has 0 unspecified atom stereocenters. The number of halogens is 1. The molecule has 3 aromatic heterocycles. The molecule has 24 heavy (non-hydrogen) atoms. The number of nitrogens with zero attached hydrogens (tertiary/aromatic N) is 6. The van der Waals surface area contributed by atoms with Gasteiger partial charge >= 0.3 is 0 Å². The number of ether oxygens (including phenoxy) is 1. The molecule has 1 aliphatic rings. The standard InChI is InChI=1S/C16H17ClN6O/c17-13-2-1-7-18-16(13)24-10-12-5-8-22(9-6-12)15-4-3-14-20-19-11-23(14)21-15/h1-4,7,11-12H,5-6,8-10H2. The van der Waals surface area contributed by atoms with Crippen LogP contribution in [0.4, 0.5) is 5.82 Å². The summed E-state index contributed by atoms with van der Waals surface area (Å²) in [5, 5.41) is 12.9. The Labute approximate surface area is 144 Å². The van der Waals surface area contributed by atoms with Crippen LogP contribution in [0.5, 0.6) is 5.88 Å². The molecule has 1 fully saturated rings. The van der Waals surface area contributed by atoms with Crippen molar-refractivity contribution in [3.8, 4) is 5.88 Å². The Morgan fingerprint density at radius 3 is 2.92 bits per heavy atom. The molecule has 0 bridgehead atoms. The average molecular weight is 345 g/mol. The Hall–Kier alpha value is -2.41. The summed E-state index contributed by atoms with van der Waals surface area (Å²) in [5.74, 6) is 1.97. The van der Waals surface area contributed by atoms with Crippen molar-refractivity contribution < 1.29 is 4.74 Å². The summed E-state index contributed by atoms with van der Waals surface area (Å²) in [6.45, 7) is 2.54. The van der Waals surface area contributed by atoms with Crippen molar-refractivity contribution in [1.29, 1.82) is 0 Å². The number of hydrogen-bond donors (Lipinski definition) is 0. The monoisotopic (exact) mass is 344 g/mol.